The molecule has 1 aromatic rings. The number of hydrogen-bond donors (Lipinski definition) is 1. The second kappa shape index (κ2) is 5.88. The first kappa shape index (κ1) is 15.5. The number of hydrogen-bond acceptors (Lipinski definition) is 2. The van der Waals surface area contributed by atoms with Crippen molar-refractivity contribution in [2.45, 2.75) is 39.0 Å². The van der Waals surface area contributed by atoms with E-state index < -0.39 is 17.3 Å². The van der Waals surface area contributed by atoms with E-state index in [1.807, 2.05) is 45.0 Å². The summed E-state index contributed by atoms with van der Waals surface area (Å²) in [5, 5.41) is 9.15. The molecule has 0 radical (unpaired) electrons. The van der Waals surface area contributed by atoms with Gasteiger partial charge in [-0.15, -0.1) is 0 Å². The summed E-state index contributed by atoms with van der Waals surface area (Å²) in [6, 6.07) is 7.96. The molecule has 0 spiro atoms. The Hall–Kier alpha value is -1.84. The predicted molar refractivity (Wildman–Crippen MR) is 81.1 cm³/mol. The lowest BCUT2D eigenvalue weighted by atomic mass is 9.82. The van der Waals surface area contributed by atoms with Crippen LogP contribution in [-0.4, -0.2) is 35.0 Å². The Balaban J connectivity index is 2.17. The lowest BCUT2D eigenvalue weighted by molar-refractivity contribution is -0.147. The van der Waals surface area contributed by atoms with Gasteiger partial charge in [0.2, 0.25) is 5.91 Å². The molecular formula is C17H23NO3. The van der Waals surface area contributed by atoms with Crippen molar-refractivity contribution in [1.82, 2.24) is 4.90 Å². The van der Waals surface area contributed by atoms with Gasteiger partial charge in [0.15, 0.2) is 0 Å². The van der Waals surface area contributed by atoms with Crippen molar-refractivity contribution in [2.75, 3.05) is 13.1 Å². The van der Waals surface area contributed by atoms with Crippen molar-refractivity contribution in [3.05, 3.63) is 35.4 Å². The Morgan fingerprint density at radius 1 is 1.24 bits per heavy atom. The first-order valence-electron chi connectivity index (χ1n) is 7.41. The predicted octanol–water partition coefficient (Wildman–Crippen LogP) is 2.60. The number of nitrogens with zero attached hydrogens (tertiary/aromatic N) is 1. The lowest BCUT2D eigenvalue weighted by Crippen LogP contribution is -2.49. The molecular weight excluding hydrogens is 266 g/mol. The van der Waals surface area contributed by atoms with Crippen LogP contribution in [0.4, 0.5) is 0 Å². The molecule has 1 aliphatic rings. The Kier molecular flexibility index (Phi) is 4.35. The van der Waals surface area contributed by atoms with Crippen LogP contribution in [0.2, 0.25) is 0 Å². The third-order valence-electron chi connectivity index (χ3n) is 4.37. The standard InChI is InChI=1S/C17H23NO3/c1-12-6-8-14(9-7-12)17(2,3)16(21)18-10-4-5-13(11-18)15(19)20/h6-9,13H,4-5,10-11H2,1-3H3,(H,19,20). The van der Waals surface area contributed by atoms with Gasteiger partial charge < -0.3 is 10.0 Å². The van der Waals surface area contributed by atoms with Crippen LogP contribution in [0.3, 0.4) is 0 Å². The highest BCUT2D eigenvalue weighted by Crippen LogP contribution is 2.28. The SMILES string of the molecule is Cc1ccc(C(C)(C)C(=O)N2CCCC(C(=O)O)C2)cc1. The molecule has 1 aliphatic heterocycles. The number of benzene rings is 1. The van der Waals surface area contributed by atoms with Crippen molar-refractivity contribution < 1.29 is 14.7 Å². The molecule has 1 saturated heterocycles. The van der Waals surface area contributed by atoms with E-state index in [2.05, 4.69) is 0 Å². The zero-order valence-electron chi connectivity index (χ0n) is 12.9. The normalized spacial score (nSPS) is 19.4. The molecule has 114 valence electrons. The summed E-state index contributed by atoms with van der Waals surface area (Å²) in [6.45, 7) is 6.80. The van der Waals surface area contributed by atoms with Gasteiger partial charge in [-0.3, -0.25) is 9.59 Å². The zero-order chi connectivity index (χ0) is 15.6. The number of amides is 1. The maximum Gasteiger partial charge on any atom is 0.308 e. The van der Waals surface area contributed by atoms with Crippen LogP contribution in [0, 0.1) is 12.8 Å². The smallest absolute Gasteiger partial charge is 0.308 e. The van der Waals surface area contributed by atoms with Crippen LogP contribution < -0.4 is 0 Å². The second-order valence-electron chi connectivity index (χ2n) is 6.42. The Labute approximate surface area is 125 Å². The molecule has 0 aliphatic carbocycles. The summed E-state index contributed by atoms with van der Waals surface area (Å²) < 4.78 is 0. The average molecular weight is 289 g/mol. The van der Waals surface area contributed by atoms with Crippen molar-refractivity contribution in [2.24, 2.45) is 5.92 Å². The topological polar surface area (TPSA) is 57.6 Å². The molecule has 21 heavy (non-hydrogen) atoms. The molecule has 0 aromatic heterocycles. The molecule has 1 heterocycles. The van der Waals surface area contributed by atoms with Crippen LogP contribution in [0.1, 0.15) is 37.8 Å². The molecule has 2 rings (SSSR count). The van der Waals surface area contributed by atoms with Crippen LogP contribution in [0.15, 0.2) is 24.3 Å². The lowest BCUT2D eigenvalue weighted by Gasteiger charge is -2.36. The maximum absolute atomic E-state index is 12.8. The molecule has 1 unspecified atom stereocenters. The molecule has 4 heteroatoms. The van der Waals surface area contributed by atoms with Gasteiger partial charge in [0.05, 0.1) is 11.3 Å². The number of carboxylic acid groups (broad SMARTS) is 1. The number of likely N-dealkylation sites (tertiary alicyclic amines) is 1. The Morgan fingerprint density at radius 2 is 1.86 bits per heavy atom. The van der Waals surface area contributed by atoms with Gasteiger partial charge in [0, 0.05) is 13.1 Å². The summed E-state index contributed by atoms with van der Waals surface area (Å²) >= 11 is 0. The largest absolute Gasteiger partial charge is 0.481 e. The minimum atomic E-state index is -0.805. The fraction of sp³-hybridized carbons (Fsp3) is 0.529. The van der Waals surface area contributed by atoms with Crippen LogP contribution in [0.5, 0.6) is 0 Å². The monoisotopic (exact) mass is 289 g/mol. The molecule has 4 nitrogen and oxygen atoms in total. The number of carboxylic acids is 1. The maximum atomic E-state index is 12.8. The Bertz CT molecular complexity index is 533. The molecule has 1 amide bonds. The fourth-order valence-electron chi connectivity index (χ4n) is 2.85. The third kappa shape index (κ3) is 3.26. The Morgan fingerprint density at radius 3 is 2.43 bits per heavy atom. The molecule has 1 atom stereocenters. The number of rotatable bonds is 3. The van der Waals surface area contributed by atoms with E-state index in [9.17, 15) is 9.59 Å². The highest BCUT2D eigenvalue weighted by atomic mass is 16.4. The van der Waals surface area contributed by atoms with Crippen molar-refractivity contribution in [3.8, 4) is 0 Å². The number of piperidine rings is 1. The van der Waals surface area contributed by atoms with E-state index in [1.54, 1.807) is 4.90 Å². The van der Waals surface area contributed by atoms with Gasteiger partial charge in [-0.1, -0.05) is 29.8 Å². The summed E-state index contributed by atoms with van der Waals surface area (Å²) in [6.07, 6.45) is 1.41. The molecule has 1 aromatic carbocycles. The first-order chi connectivity index (χ1) is 9.82. The second-order valence-corrected chi connectivity index (χ2v) is 6.42. The zero-order valence-corrected chi connectivity index (χ0v) is 12.9. The summed E-state index contributed by atoms with van der Waals surface area (Å²) in [5.74, 6) is -1.23. The van der Waals surface area contributed by atoms with Gasteiger partial charge in [-0.05, 0) is 39.2 Å². The van der Waals surface area contributed by atoms with Gasteiger partial charge in [-0.25, -0.2) is 0 Å². The van der Waals surface area contributed by atoms with Crippen molar-refractivity contribution in [1.29, 1.82) is 0 Å². The van der Waals surface area contributed by atoms with Crippen LogP contribution in [0.25, 0.3) is 0 Å². The number of carbonyl (C=O) groups is 2. The van der Waals surface area contributed by atoms with Gasteiger partial charge >= 0.3 is 5.97 Å². The van der Waals surface area contributed by atoms with Crippen LogP contribution >= 0.6 is 0 Å². The van der Waals surface area contributed by atoms with E-state index in [0.717, 1.165) is 17.5 Å². The first-order valence-corrected chi connectivity index (χ1v) is 7.41. The number of aryl methyl sites for hydroxylation is 1. The quantitative estimate of drug-likeness (QED) is 0.930. The van der Waals surface area contributed by atoms with Gasteiger partial charge in [-0.2, -0.15) is 0 Å². The number of carbonyl (C=O) groups excluding carboxylic acids is 1. The summed E-state index contributed by atoms with van der Waals surface area (Å²) in [4.78, 5) is 25.7. The average Bonchev–Trinajstić information content (AvgIpc) is 2.47. The minimum Gasteiger partial charge on any atom is -0.481 e. The highest BCUT2D eigenvalue weighted by Gasteiger charge is 2.37. The van der Waals surface area contributed by atoms with Gasteiger partial charge in [0.25, 0.3) is 0 Å². The van der Waals surface area contributed by atoms with E-state index >= 15 is 0 Å². The van der Waals surface area contributed by atoms with Crippen molar-refractivity contribution in [3.63, 3.8) is 0 Å². The third-order valence-corrected chi connectivity index (χ3v) is 4.37. The molecule has 1 N–H and O–H groups in total. The van der Waals surface area contributed by atoms with E-state index in [1.165, 1.54) is 0 Å². The van der Waals surface area contributed by atoms with Gasteiger partial charge in [0.1, 0.15) is 0 Å². The summed E-state index contributed by atoms with van der Waals surface area (Å²) in [5.41, 5.74) is 1.50. The molecule has 1 fully saturated rings. The molecule has 0 saturated carbocycles. The minimum absolute atomic E-state index is 0.0114. The van der Waals surface area contributed by atoms with E-state index in [-0.39, 0.29) is 5.91 Å². The van der Waals surface area contributed by atoms with E-state index in [4.69, 9.17) is 5.11 Å². The number of aliphatic carboxylic acids is 1. The fourth-order valence-corrected chi connectivity index (χ4v) is 2.85. The van der Waals surface area contributed by atoms with Crippen LogP contribution in [-0.2, 0) is 15.0 Å². The van der Waals surface area contributed by atoms with E-state index in [0.29, 0.717) is 19.5 Å². The summed E-state index contributed by atoms with van der Waals surface area (Å²) in [7, 11) is 0. The highest BCUT2D eigenvalue weighted by molar-refractivity contribution is 5.88. The molecule has 0 bridgehead atoms. The van der Waals surface area contributed by atoms with Crippen molar-refractivity contribution >= 4 is 11.9 Å².